The lowest BCUT2D eigenvalue weighted by Crippen LogP contribution is -2.38. The van der Waals surface area contributed by atoms with Crippen molar-refractivity contribution in [1.82, 2.24) is 20.6 Å². The van der Waals surface area contributed by atoms with Gasteiger partial charge in [-0.2, -0.15) is 0 Å². The van der Waals surface area contributed by atoms with Gasteiger partial charge in [-0.15, -0.1) is 24.0 Å². The minimum absolute atomic E-state index is 0. The molecule has 0 spiro atoms. The van der Waals surface area contributed by atoms with Gasteiger partial charge in [-0.05, 0) is 56.2 Å². The molecule has 7 heteroatoms. The summed E-state index contributed by atoms with van der Waals surface area (Å²) in [5, 5.41) is 7.49. The highest BCUT2D eigenvalue weighted by atomic mass is 127. The maximum Gasteiger partial charge on any atom is 0.191 e. The fraction of sp³-hybridized carbons (Fsp3) is 0.300. The highest BCUT2D eigenvalue weighted by Gasteiger charge is 2.05. The van der Waals surface area contributed by atoms with E-state index >= 15 is 0 Å². The largest absolute Gasteiger partial charge is 0.361 e. The van der Waals surface area contributed by atoms with Gasteiger partial charge in [0.2, 0.25) is 0 Å². The number of aromatic nitrogens is 2. The highest BCUT2D eigenvalue weighted by Crippen LogP contribution is 2.19. The molecule has 144 valence electrons. The van der Waals surface area contributed by atoms with Gasteiger partial charge >= 0.3 is 0 Å². The van der Waals surface area contributed by atoms with Crippen molar-refractivity contribution in [2.45, 2.75) is 26.8 Å². The lowest BCUT2D eigenvalue weighted by molar-refractivity contribution is 0.629. The van der Waals surface area contributed by atoms with E-state index in [9.17, 15) is 4.39 Å². The second-order valence-electron chi connectivity index (χ2n) is 6.15. The van der Waals surface area contributed by atoms with E-state index in [1.54, 1.807) is 12.1 Å². The van der Waals surface area contributed by atoms with E-state index in [2.05, 4.69) is 25.6 Å². The van der Waals surface area contributed by atoms with Gasteiger partial charge in [0, 0.05) is 35.9 Å². The molecular weight excluding hydrogens is 456 g/mol. The van der Waals surface area contributed by atoms with E-state index in [4.69, 9.17) is 0 Å². The van der Waals surface area contributed by atoms with E-state index in [1.807, 2.05) is 38.2 Å². The van der Waals surface area contributed by atoms with Crippen molar-refractivity contribution in [2.75, 3.05) is 13.1 Å². The molecule has 0 aliphatic heterocycles. The number of pyridine rings is 1. The number of aryl methyl sites for hydroxylation is 1. The first-order valence-electron chi connectivity index (χ1n) is 8.86. The monoisotopic (exact) mass is 481 g/mol. The molecule has 3 rings (SSSR count). The minimum atomic E-state index is -0.216. The molecule has 0 saturated carbocycles. The number of nitrogens with zero attached hydrogens (tertiary/aromatic N) is 2. The average Bonchev–Trinajstić information content (AvgIpc) is 3.02. The van der Waals surface area contributed by atoms with Crippen LogP contribution in [0.3, 0.4) is 0 Å². The van der Waals surface area contributed by atoms with Gasteiger partial charge in [-0.1, -0.05) is 6.07 Å². The van der Waals surface area contributed by atoms with Crippen LogP contribution in [0.25, 0.3) is 10.9 Å². The summed E-state index contributed by atoms with van der Waals surface area (Å²) in [6, 6.07) is 10.7. The van der Waals surface area contributed by atoms with Gasteiger partial charge in [0.25, 0.3) is 0 Å². The van der Waals surface area contributed by atoms with Crippen LogP contribution in [-0.4, -0.2) is 29.0 Å². The number of halogens is 2. The van der Waals surface area contributed by atoms with Crippen LogP contribution in [0.2, 0.25) is 0 Å². The third-order valence-corrected chi connectivity index (χ3v) is 4.11. The summed E-state index contributed by atoms with van der Waals surface area (Å²) in [4.78, 5) is 12.2. The SMILES string of the molecule is CCNC(=NCc1cccc(C)n1)NCCc1c[nH]c2ccc(F)cc12.I. The Labute approximate surface area is 175 Å². The molecule has 27 heavy (non-hydrogen) atoms. The Morgan fingerprint density at radius 3 is 2.85 bits per heavy atom. The second-order valence-corrected chi connectivity index (χ2v) is 6.15. The van der Waals surface area contributed by atoms with Crippen molar-refractivity contribution in [1.29, 1.82) is 0 Å². The Kier molecular flexibility index (Phi) is 8.02. The summed E-state index contributed by atoms with van der Waals surface area (Å²) in [6.07, 6.45) is 2.71. The van der Waals surface area contributed by atoms with Gasteiger partial charge in [0.15, 0.2) is 5.96 Å². The first-order chi connectivity index (χ1) is 12.7. The number of H-pyrrole nitrogens is 1. The Hall–Kier alpha value is -2.16. The van der Waals surface area contributed by atoms with E-state index in [-0.39, 0.29) is 29.8 Å². The molecule has 0 unspecified atom stereocenters. The van der Waals surface area contributed by atoms with Crippen LogP contribution in [0, 0.1) is 12.7 Å². The molecule has 5 nitrogen and oxygen atoms in total. The number of fused-ring (bicyclic) bond motifs is 1. The van der Waals surface area contributed by atoms with Gasteiger partial charge < -0.3 is 15.6 Å². The quantitative estimate of drug-likeness (QED) is 0.284. The normalized spacial score (nSPS) is 11.3. The molecule has 0 saturated heterocycles. The number of rotatable bonds is 6. The number of nitrogens with one attached hydrogen (secondary N) is 3. The number of guanidine groups is 1. The molecule has 0 bridgehead atoms. The van der Waals surface area contributed by atoms with Crippen LogP contribution >= 0.6 is 24.0 Å². The van der Waals surface area contributed by atoms with Gasteiger partial charge in [-0.25, -0.2) is 9.38 Å². The van der Waals surface area contributed by atoms with E-state index < -0.39 is 0 Å². The van der Waals surface area contributed by atoms with Crippen LogP contribution in [-0.2, 0) is 13.0 Å². The number of hydrogen-bond acceptors (Lipinski definition) is 2. The topological polar surface area (TPSA) is 65.1 Å². The number of benzene rings is 1. The third-order valence-electron chi connectivity index (χ3n) is 4.11. The van der Waals surface area contributed by atoms with Gasteiger partial charge in [0.1, 0.15) is 5.82 Å². The lowest BCUT2D eigenvalue weighted by Gasteiger charge is -2.11. The average molecular weight is 481 g/mol. The summed E-state index contributed by atoms with van der Waals surface area (Å²) in [6.45, 7) is 6.02. The molecule has 0 aliphatic rings. The summed E-state index contributed by atoms with van der Waals surface area (Å²) in [7, 11) is 0. The molecule has 3 N–H and O–H groups in total. The zero-order valence-corrected chi connectivity index (χ0v) is 17.9. The van der Waals surface area contributed by atoms with Crippen LogP contribution < -0.4 is 10.6 Å². The van der Waals surface area contributed by atoms with Crippen molar-refractivity contribution >= 4 is 40.8 Å². The standard InChI is InChI=1S/C20H24FN5.HI/c1-3-22-20(25-13-17-6-4-5-14(2)26-17)23-10-9-15-12-24-19-8-7-16(21)11-18(15)19;/h4-8,11-12,24H,3,9-10,13H2,1-2H3,(H2,22,23,25);1H. The Bertz CT molecular complexity index is 906. The van der Waals surface area contributed by atoms with Gasteiger partial charge in [-0.3, -0.25) is 4.98 Å². The van der Waals surface area contributed by atoms with Gasteiger partial charge in [0.05, 0.1) is 12.2 Å². The van der Waals surface area contributed by atoms with Crippen LogP contribution in [0.1, 0.15) is 23.9 Å². The van der Waals surface area contributed by atoms with Crippen molar-refractivity contribution < 1.29 is 4.39 Å². The summed E-state index contributed by atoms with van der Waals surface area (Å²) in [5.74, 6) is 0.536. The molecule has 2 heterocycles. The summed E-state index contributed by atoms with van der Waals surface area (Å²) >= 11 is 0. The fourth-order valence-corrected chi connectivity index (χ4v) is 2.86. The fourth-order valence-electron chi connectivity index (χ4n) is 2.86. The van der Waals surface area contributed by atoms with Crippen LogP contribution in [0.4, 0.5) is 4.39 Å². The molecule has 0 fully saturated rings. The molecular formula is C20H25FIN5. The Balaban J connectivity index is 0.00000261. The third kappa shape index (κ3) is 5.92. The highest BCUT2D eigenvalue weighted by molar-refractivity contribution is 14.0. The van der Waals surface area contributed by atoms with Crippen LogP contribution in [0.15, 0.2) is 47.6 Å². The minimum Gasteiger partial charge on any atom is -0.361 e. The maximum absolute atomic E-state index is 13.5. The zero-order chi connectivity index (χ0) is 18.4. The van der Waals surface area contributed by atoms with Crippen molar-refractivity contribution in [3.05, 3.63) is 65.4 Å². The second kappa shape index (κ2) is 10.2. The number of hydrogen-bond donors (Lipinski definition) is 3. The Morgan fingerprint density at radius 1 is 1.22 bits per heavy atom. The molecule has 0 radical (unpaired) electrons. The van der Waals surface area contributed by atoms with E-state index in [0.717, 1.165) is 46.8 Å². The molecule has 3 aromatic rings. The predicted octanol–water partition coefficient (Wildman–Crippen LogP) is 3.93. The first kappa shape index (κ1) is 21.1. The Morgan fingerprint density at radius 2 is 2.07 bits per heavy atom. The predicted molar refractivity (Wildman–Crippen MR) is 119 cm³/mol. The van der Waals surface area contributed by atoms with E-state index in [0.29, 0.717) is 13.1 Å². The summed E-state index contributed by atoms with van der Waals surface area (Å²) in [5.41, 5.74) is 3.97. The zero-order valence-electron chi connectivity index (χ0n) is 15.6. The van der Waals surface area contributed by atoms with Crippen molar-refractivity contribution in [3.8, 4) is 0 Å². The molecule has 2 aromatic heterocycles. The van der Waals surface area contributed by atoms with Crippen LogP contribution in [0.5, 0.6) is 0 Å². The lowest BCUT2D eigenvalue weighted by atomic mass is 10.1. The van der Waals surface area contributed by atoms with Crippen molar-refractivity contribution in [2.24, 2.45) is 4.99 Å². The van der Waals surface area contributed by atoms with E-state index in [1.165, 1.54) is 6.07 Å². The molecule has 1 aromatic carbocycles. The smallest absolute Gasteiger partial charge is 0.191 e. The molecule has 0 amide bonds. The molecule has 0 aliphatic carbocycles. The number of aliphatic imine (C=N–C) groups is 1. The summed E-state index contributed by atoms with van der Waals surface area (Å²) < 4.78 is 13.5. The molecule has 0 atom stereocenters. The first-order valence-corrected chi connectivity index (χ1v) is 8.86. The number of aromatic amines is 1. The maximum atomic E-state index is 13.5. The van der Waals surface area contributed by atoms with Crippen molar-refractivity contribution in [3.63, 3.8) is 0 Å².